The quantitative estimate of drug-likeness (QED) is 0.722. The van der Waals surface area contributed by atoms with E-state index in [2.05, 4.69) is 25.7 Å². The van der Waals surface area contributed by atoms with Gasteiger partial charge < -0.3 is 15.4 Å². The van der Waals surface area contributed by atoms with Crippen molar-refractivity contribution in [2.45, 2.75) is 19.9 Å². The molecule has 1 atom stereocenters. The molecule has 2 aromatic rings. The molecule has 1 unspecified atom stereocenters. The fourth-order valence-corrected chi connectivity index (χ4v) is 1.75. The predicted octanol–water partition coefficient (Wildman–Crippen LogP) is -0.00428. The Morgan fingerprint density at radius 2 is 2.35 bits per heavy atom. The summed E-state index contributed by atoms with van der Waals surface area (Å²) < 4.78 is 6.45. The molecule has 2 rings (SSSR count). The Balaban J connectivity index is 2.07. The lowest BCUT2D eigenvalue weighted by Crippen LogP contribution is -2.39. The average molecular weight is 278 g/mol. The SMILES string of the molecule is COCCNC(=O)C(C)Nc1cc(C)nc2ncnn12. The summed E-state index contributed by atoms with van der Waals surface area (Å²) in [5, 5.41) is 9.96. The van der Waals surface area contributed by atoms with Crippen molar-refractivity contribution in [2.75, 3.05) is 25.6 Å². The third-order valence-electron chi connectivity index (χ3n) is 2.74. The molecule has 0 aromatic carbocycles. The summed E-state index contributed by atoms with van der Waals surface area (Å²) >= 11 is 0. The van der Waals surface area contributed by atoms with Gasteiger partial charge in [0.15, 0.2) is 0 Å². The van der Waals surface area contributed by atoms with Gasteiger partial charge in [0.2, 0.25) is 5.91 Å². The molecule has 2 heterocycles. The van der Waals surface area contributed by atoms with E-state index in [1.165, 1.54) is 6.33 Å². The van der Waals surface area contributed by atoms with Crippen LogP contribution in [-0.2, 0) is 9.53 Å². The fraction of sp³-hybridized carbons (Fsp3) is 0.500. The molecule has 0 aliphatic carbocycles. The lowest BCUT2D eigenvalue weighted by atomic mass is 10.3. The molecule has 0 saturated carbocycles. The van der Waals surface area contributed by atoms with Crippen LogP contribution in [-0.4, -0.2) is 51.8 Å². The van der Waals surface area contributed by atoms with E-state index in [0.717, 1.165) is 5.69 Å². The second-order valence-corrected chi connectivity index (χ2v) is 4.40. The maximum absolute atomic E-state index is 11.9. The number of fused-ring (bicyclic) bond motifs is 1. The number of amides is 1. The van der Waals surface area contributed by atoms with E-state index in [1.807, 2.05) is 13.0 Å². The summed E-state index contributed by atoms with van der Waals surface area (Å²) in [6.45, 7) is 4.61. The first-order valence-corrected chi connectivity index (χ1v) is 6.32. The van der Waals surface area contributed by atoms with Gasteiger partial charge in [-0.2, -0.15) is 14.6 Å². The minimum atomic E-state index is -0.402. The third kappa shape index (κ3) is 3.21. The minimum Gasteiger partial charge on any atom is -0.383 e. The topological polar surface area (TPSA) is 93.4 Å². The Hall–Kier alpha value is -2.22. The van der Waals surface area contributed by atoms with Crippen molar-refractivity contribution in [3.05, 3.63) is 18.1 Å². The van der Waals surface area contributed by atoms with E-state index in [4.69, 9.17) is 4.74 Å². The Labute approximate surface area is 116 Å². The zero-order chi connectivity index (χ0) is 14.5. The van der Waals surface area contributed by atoms with Gasteiger partial charge in [-0.3, -0.25) is 4.79 Å². The van der Waals surface area contributed by atoms with Gasteiger partial charge in [0.25, 0.3) is 5.78 Å². The first-order valence-electron chi connectivity index (χ1n) is 6.32. The molecule has 2 aromatic heterocycles. The van der Waals surface area contributed by atoms with Crippen molar-refractivity contribution in [2.24, 2.45) is 0 Å². The van der Waals surface area contributed by atoms with Crippen LogP contribution in [0, 0.1) is 6.92 Å². The van der Waals surface area contributed by atoms with Gasteiger partial charge in [0, 0.05) is 25.4 Å². The van der Waals surface area contributed by atoms with Gasteiger partial charge in [-0.05, 0) is 13.8 Å². The first kappa shape index (κ1) is 14.2. The molecule has 1 amide bonds. The van der Waals surface area contributed by atoms with Crippen molar-refractivity contribution in [1.29, 1.82) is 0 Å². The van der Waals surface area contributed by atoms with Crippen LogP contribution in [0.5, 0.6) is 0 Å². The number of carbonyl (C=O) groups is 1. The molecule has 0 fully saturated rings. The molecular weight excluding hydrogens is 260 g/mol. The molecule has 2 N–H and O–H groups in total. The maximum atomic E-state index is 11.9. The van der Waals surface area contributed by atoms with E-state index in [0.29, 0.717) is 24.7 Å². The van der Waals surface area contributed by atoms with Crippen molar-refractivity contribution in [1.82, 2.24) is 24.9 Å². The predicted molar refractivity (Wildman–Crippen MR) is 73.5 cm³/mol. The van der Waals surface area contributed by atoms with Crippen molar-refractivity contribution < 1.29 is 9.53 Å². The van der Waals surface area contributed by atoms with Crippen LogP contribution in [0.3, 0.4) is 0 Å². The van der Waals surface area contributed by atoms with Crippen molar-refractivity contribution in [3.63, 3.8) is 0 Å². The Morgan fingerprint density at radius 3 is 3.10 bits per heavy atom. The molecule has 20 heavy (non-hydrogen) atoms. The number of hydrogen-bond donors (Lipinski definition) is 2. The highest BCUT2D eigenvalue weighted by molar-refractivity contribution is 5.83. The highest BCUT2D eigenvalue weighted by Gasteiger charge is 2.14. The van der Waals surface area contributed by atoms with E-state index in [-0.39, 0.29) is 5.91 Å². The molecule has 108 valence electrons. The average Bonchev–Trinajstić information content (AvgIpc) is 2.86. The highest BCUT2D eigenvalue weighted by Crippen LogP contribution is 2.11. The number of hydrogen-bond acceptors (Lipinski definition) is 6. The molecule has 8 heteroatoms. The van der Waals surface area contributed by atoms with Gasteiger partial charge in [-0.15, -0.1) is 0 Å². The highest BCUT2D eigenvalue weighted by atomic mass is 16.5. The monoisotopic (exact) mass is 278 g/mol. The largest absolute Gasteiger partial charge is 0.383 e. The number of nitrogens with one attached hydrogen (secondary N) is 2. The second-order valence-electron chi connectivity index (χ2n) is 4.40. The smallest absolute Gasteiger partial charge is 0.254 e. The van der Waals surface area contributed by atoms with Crippen LogP contribution in [0.1, 0.15) is 12.6 Å². The number of nitrogens with zero attached hydrogens (tertiary/aromatic N) is 4. The van der Waals surface area contributed by atoms with Crippen molar-refractivity contribution >= 4 is 17.5 Å². The molecule has 0 aliphatic rings. The van der Waals surface area contributed by atoms with Crippen LogP contribution in [0.4, 0.5) is 5.82 Å². The summed E-state index contributed by atoms with van der Waals surface area (Å²) in [7, 11) is 1.59. The second kappa shape index (κ2) is 6.29. The van der Waals surface area contributed by atoms with E-state index >= 15 is 0 Å². The first-order chi connectivity index (χ1) is 9.61. The summed E-state index contributed by atoms with van der Waals surface area (Å²) in [5.41, 5.74) is 0.806. The fourth-order valence-electron chi connectivity index (χ4n) is 1.75. The number of aromatic nitrogens is 4. The lowest BCUT2D eigenvalue weighted by molar-refractivity contribution is -0.121. The molecule has 0 bridgehead atoms. The molecule has 0 radical (unpaired) electrons. The Bertz CT molecular complexity index is 597. The molecule has 0 saturated heterocycles. The summed E-state index contributed by atoms with van der Waals surface area (Å²) in [6.07, 6.45) is 1.43. The number of ether oxygens (including phenoxy) is 1. The molecule has 0 spiro atoms. The van der Waals surface area contributed by atoms with E-state index < -0.39 is 6.04 Å². The van der Waals surface area contributed by atoms with Gasteiger partial charge in [0.05, 0.1) is 6.61 Å². The standard InChI is InChI=1S/C12H18N6O2/c1-8-6-10(18-12(16-8)14-7-15-18)17-9(2)11(19)13-4-5-20-3/h6-7,9,17H,4-5H2,1-3H3,(H,13,19). The number of methoxy groups -OCH3 is 1. The zero-order valence-electron chi connectivity index (χ0n) is 11.8. The Kier molecular flexibility index (Phi) is 4.46. The van der Waals surface area contributed by atoms with Crippen LogP contribution in [0.2, 0.25) is 0 Å². The number of carbonyl (C=O) groups excluding carboxylic acids is 1. The molecular formula is C12H18N6O2. The minimum absolute atomic E-state index is 0.107. The number of rotatable bonds is 6. The summed E-state index contributed by atoms with van der Waals surface area (Å²) in [5.74, 6) is 1.07. The third-order valence-corrected chi connectivity index (χ3v) is 2.74. The number of anilines is 1. The summed E-state index contributed by atoms with van der Waals surface area (Å²) in [6, 6.07) is 1.42. The summed E-state index contributed by atoms with van der Waals surface area (Å²) in [4.78, 5) is 20.2. The molecule has 0 aliphatic heterocycles. The number of aryl methyl sites for hydroxylation is 1. The van der Waals surface area contributed by atoms with Crippen LogP contribution in [0.15, 0.2) is 12.4 Å². The zero-order valence-corrected chi connectivity index (χ0v) is 11.8. The van der Waals surface area contributed by atoms with Gasteiger partial charge in [-0.1, -0.05) is 0 Å². The van der Waals surface area contributed by atoms with Gasteiger partial charge in [-0.25, -0.2) is 4.98 Å². The normalized spacial score (nSPS) is 12.3. The van der Waals surface area contributed by atoms with Crippen molar-refractivity contribution in [3.8, 4) is 0 Å². The van der Waals surface area contributed by atoms with Crippen LogP contribution >= 0.6 is 0 Å². The van der Waals surface area contributed by atoms with Gasteiger partial charge in [0.1, 0.15) is 18.2 Å². The van der Waals surface area contributed by atoms with Crippen LogP contribution < -0.4 is 10.6 Å². The van der Waals surface area contributed by atoms with E-state index in [1.54, 1.807) is 18.5 Å². The Morgan fingerprint density at radius 1 is 1.55 bits per heavy atom. The lowest BCUT2D eigenvalue weighted by Gasteiger charge is -2.15. The van der Waals surface area contributed by atoms with Gasteiger partial charge >= 0.3 is 0 Å². The maximum Gasteiger partial charge on any atom is 0.254 e. The van der Waals surface area contributed by atoms with E-state index in [9.17, 15) is 4.79 Å². The van der Waals surface area contributed by atoms with Crippen LogP contribution in [0.25, 0.3) is 5.78 Å². The molecule has 8 nitrogen and oxygen atoms in total.